The third kappa shape index (κ3) is 5.96. The number of benzene rings is 2. The van der Waals surface area contributed by atoms with E-state index in [9.17, 15) is 23.2 Å². The lowest BCUT2D eigenvalue weighted by molar-refractivity contribution is -0.129. The fraction of sp³-hybridized carbons (Fsp3) is 0.300. The third-order valence-electron chi connectivity index (χ3n) is 7.54. The summed E-state index contributed by atoms with van der Waals surface area (Å²) in [5.74, 6) is -2.64. The summed E-state index contributed by atoms with van der Waals surface area (Å²) in [6, 6.07) is 8.58. The lowest BCUT2D eigenvalue weighted by Crippen LogP contribution is -2.38. The zero-order valence-corrected chi connectivity index (χ0v) is 23.7. The van der Waals surface area contributed by atoms with Crippen molar-refractivity contribution in [1.82, 2.24) is 15.1 Å². The summed E-state index contributed by atoms with van der Waals surface area (Å²) in [6.45, 7) is 2.02. The molecule has 2 aliphatic heterocycles. The van der Waals surface area contributed by atoms with Crippen LogP contribution in [-0.2, 0) is 14.3 Å². The van der Waals surface area contributed by atoms with Crippen LogP contribution < -0.4 is 10.6 Å². The minimum Gasteiger partial charge on any atom is -0.453 e. The molecule has 2 N–H and O–H groups in total. The van der Waals surface area contributed by atoms with Crippen molar-refractivity contribution in [1.29, 1.82) is 0 Å². The fourth-order valence-electron chi connectivity index (χ4n) is 5.29. The molecule has 3 heterocycles. The monoisotopic (exact) mass is 595 g/mol. The van der Waals surface area contributed by atoms with Gasteiger partial charge in [0, 0.05) is 35.4 Å². The largest absolute Gasteiger partial charge is 0.453 e. The SMILES string of the molecule is COC(=O)Nc1ccc2c(c1)NC(=O)[C@H](C)CCC[C@H](N1CCC(c3c(F)ccc(Cl)c3F)=CC1=O)c1cc-2cnn1. The second-order valence-corrected chi connectivity index (χ2v) is 10.7. The van der Waals surface area contributed by atoms with Crippen molar-refractivity contribution >= 4 is 46.5 Å². The molecule has 0 spiro atoms. The van der Waals surface area contributed by atoms with Gasteiger partial charge in [-0.1, -0.05) is 31.0 Å². The number of carbonyl (C=O) groups is 3. The molecule has 2 aliphatic rings. The summed E-state index contributed by atoms with van der Waals surface area (Å²) >= 11 is 5.88. The molecule has 218 valence electrons. The number of anilines is 2. The molecule has 0 unspecified atom stereocenters. The van der Waals surface area contributed by atoms with Gasteiger partial charge >= 0.3 is 6.09 Å². The number of fused-ring (bicyclic) bond motifs is 4. The van der Waals surface area contributed by atoms with E-state index < -0.39 is 29.7 Å². The van der Waals surface area contributed by atoms with Crippen LogP contribution >= 0.6 is 11.6 Å². The summed E-state index contributed by atoms with van der Waals surface area (Å²) < 4.78 is 33.9. The van der Waals surface area contributed by atoms with Crippen LogP contribution in [-0.4, -0.2) is 46.7 Å². The van der Waals surface area contributed by atoms with Gasteiger partial charge in [0.2, 0.25) is 11.8 Å². The van der Waals surface area contributed by atoms with Crippen LogP contribution in [0.4, 0.5) is 25.0 Å². The van der Waals surface area contributed by atoms with E-state index in [-0.39, 0.29) is 40.9 Å². The number of halogens is 3. The van der Waals surface area contributed by atoms with Crippen molar-refractivity contribution in [3.8, 4) is 11.1 Å². The number of carbonyl (C=O) groups excluding carboxylic acids is 3. The molecule has 5 rings (SSSR count). The number of nitrogens with one attached hydrogen (secondary N) is 2. The Hall–Kier alpha value is -4.38. The molecule has 3 aromatic rings. The maximum atomic E-state index is 14.7. The Labute approximate surface area is 245 Å². The smallest absolute Gasteiger partial charge is 0.411 e. The van der Waals surface area contributed by atoms with Gasteiger partial charge < -0.3 is 15.0 Å². The molecule has 9 nitrogen and oxygen atoms in total. The summed E-state index contributed by atoms with van der Waals surface area (Å²) in [6.07, 6.45) is 3.99. The van der Waals surface area contributed by atoms with Crippen LogP contribution in [0.3, 0.4) is 0 Å². The Morgan fingerprint density at radius 1 is 1.17 bits per heavy atom. The molecule has 1 aromatic heterocycles. The number of ether oxygens (including phenoxy) is 1. The molecule has 42 heavy (non-hydrogen) atoms. The number of nitrogens with zero attached hydrogens (tertiary/aromatic N) is 3. The van der Waals surface area contributed by atoms with Crippen molar-refractivity contribution in [2.45, 2.75) is 38.6 Å². The highest BCUT2D eigenvalue weighted by atomic mass is 35.5. The van der Waals surface area contributed by atoms with Crippen LogP contribution in [0.1, 0.15) is 49.9 Å². The predicted molar refractivity (Wildman–Crippen MR) is 154 cm³/mol. The Morgan fingerprint density at radius 3 is 2.74 bits per heavy atom. The highest BCUT2D eigenvalue weighted by Crippen LogP contribution is 2.37. The van der Waals surface area contributed by atoms with Crippen LogP contribution in [0.5, 0.6) is 0 Å². The van der Waals surface area contributed by atoms with E-state index in [0.717, 1.165) is 12.1 Å². The number of hydrogen-bond acceptors (Lipinski definition) is 6. The van der Waals surface area contributed by atoms with Gasteiger partial charge in [0.25, 0.3) is 0 Å². The van der Waals surface area contributed by atoms with Gasteiger partial charge in [-0.25, -0.2) is 13.6 Å². The highest BCUT2D eigenvalue weighted by molar-refractivity contribution is 6.31. The molecule has 2 bridgehead atoms. The standard InChI is InChI=1S/C30H28ClF2N5O4/c1-16-4-3-5-25(38-11-10-17(13-26(38)39)27-22(32)9-8-21(31)28(27)33)24-12-18(15-34-37-24)20-7-6-19(35-30(41)42-2)14-23(20)36-29(16)40/h6-9,12-16,25H,3-5,10-11H2,1-2H3,(H,35,41)(H,36,40)/t16-,25+/m1/s1. The first-order chi connectivity index (χ1) is 20.2. The van der Waals surface area contributed by atoms with E-state index >= 15 is 0 Å². The van der Waals surface area contributed by atoms with E-state index in [0.29, 0.717) is 47.5 Å². The lowest BCUT2D eigenvalue weighted by atomic mass is 9.93. The molecule has 3 amide bonds. The predicted octanol–water partition coefficient (Wildman–Crippen LogP) is 6.37. The Balaban J connectivity index is 1.52. The zero-order chi connectivity index (χ0) is 30.0. The molecule has 12 heteroatoms. The van der Waals surface area contributed by atoms with Crippen LogP contribution in [0.15, 0.2) is 48.7 Å². The Morgan fingerprint density at radius 2 is 1.98 bits per heavy atom. The topological polar surface area (TPSA) is 114 Å². The second-order valence-electron chi connectivity index (χ2n) is 10.3. The molecule has 0 saturated heterocycles. The van der Waals surface area contributed by atoms with Crippen molar-refractivity contribution in [3.63, 3.8) is 0 Å². The lowest BCUT2D eigenvalue weighted by Gasteiger charge is -2.34. The third-order valence-corrected chi connectivity index (χ3v) is 7.83. The first kappa shape index (κ1) is 29.1. The molecular formula is C30H28ClF2N5O4. The maximum absolute atomic E-state index is 14.7. The molecular weight excluding hydrogens is 568 g/mol. The first-order valence-corrected chi connectivity index (χ1v) is 13.8. The van der Waals surface area contributed by atoms with E-state index in [1.807, 2.05) is 13.0 Å². The van der Waals surface area contributed by atoms with Crippen LogP contribution in [0.25, 0.3) is 16.7 Å². The minimum absolute atomic E-state index is 0.196. The first-order valence-electron chi connectivity index (χ1n) is 13.4. The minimum atomic E-state index is -0.899. The highest BCUT2D eigenvalue weighted by Gasteiger charge is 2.31. The fourth-order valence-corrected chi connectivity index (χ4v) is 5.45. The number of amides is 3. The normalized spacial score (nSPS) is 19.1. The average Bonchev–Trinajstić information content (AvgIpc) is 2.97. The van der Waals surface area contributed by atoms with Crippen molar-refractivity contribution in [2.24, 2.45) is 5.92 Å². The molecule has 0 fully saturated rings. The summed E-state index contributed by atoms with van der Waals surface area (Å²) in [5.41, 5.74) is 2.65. The maximum Gasteiger partial charge on any atom is 0.411 e. The van der Waals surface area contributed by atoms with Gasteiger partial charge in [-0.3, -0.25) is 14.9 Å². The van der Waals surface area contributed by atoms with Gasteiger partial charge in [0.1, 0.15) is 5.82 Å². The van der Waals surface area contributed by atoms with Crippen LogP contribution in [0, 0.1) is 17.6 Å². The Kier molecular flexibility index (Phi) is 8.49. The molecule has 0 aliphatic carbocycles. The molecule has 2 aromatic carbocycles. The van der Waals surface area contributed by atoms with Gasteiger partial charge in [0.05, 0.1) is 41.3 Å². The number of hydrogen-bond donors (Lipinski definition) is 2. The molecule has 2 atom stereocenters. The second kappa shape index (κ2) is 12.2. The number of aromatic nitrogens is 2. The van der Waals surface area contributed by atoms with E-state index in [1.165, 1.54) is 13.2 Å². The van der Waals surface area contributed by atoms with Crippen LogP contribution in [0.2, 0.25) is 5.02 Å². The van der Waals surface area contributed by atoms with Crippen molar-refractivity contribution in [3.05, 3.63) is 76.6 Å². The van der Waals surface area contributed by atoms with E-state index in [1.54, 1.807) is 29.3 Å². The van der Waals surface area contributed by atoms with Gasteiger partial charge in [-0.05, 0) is 55.2 Å². The van der Waals surface area contributed by atoms with Gasteiger partial charge in [-0.2, -0.15) is 10.2 Å². The summed E-state index contributed by atoms with van der Waals surface area (Å²) in [7, 11) is 1.25. The number of methoxy groups -OCH3 is 1. The summed E-state index contributed by atoms with van der Waals surface area (Å²) in [4.78, 5) is 39.9. The van der Waals surface area contributed by atoms with Crippen molar-refractivity contribution < 1.29 is 27.9 Å². The number of rotatable bonds is 3. The summed E-state index contributed by atoms with van der Waals surface area (Å²) in [5, 5.41) is 13.9. The van der Waals surface area contributed by atoms with E-state index in [2.05, 4.69) is 25.6 Å². The van der Waals surface area contributed by atoms with Crippen molar-refractivity contribution in [2.75, 3.05) is 24.3 Å². The van der Waals surface area contributed by atoms with Gasteiger partial charge in [-0.15, -0.1) is 0 Å². The quantitative estimate of drug-likeness (QED) is 0.340. The zero-order valence-electron chi connectivity index (χ0n) is 22.9. The average molecular weight is 596 g/mol. The van der Waals surface area contributed by atoms with E-state index in [4.69, 9.17) is 11.6 Å². The molecule has 0 saturated carbocycles. The Bertz CT molecular complexity index is 1600. The molecule has 0 radical (unpaired) electrons. The van der Waals surface area contributed by atoms with Gasteiger partial charge in [0.15, 0.2) is 5.82 Å².